The highest BCUT2D eigenvalue weighted by Crippen LogP contribution is 2.46. The Hall–Kier alpha value is -3.98. The van der Waals surface area contributed by atoms with E-state index in [1.54, 1.807) is 14.2 Å². The smallest absolute Gasteiger partial charge is 0.360 e. The van der Waals surface area contributed by atoms with Gasteiger partial charge in [0, 0.05) is 5.56 Å². The fourth-order valence-electron chi connectivity index (χ4n) is 5.80. The minimum Gasteiger partial charge on any atom is -0.497 e. The number of allylic oxidation sites excluding steroid dienone is 2. The van der Waals surface area contributed by atoms with Gasteiger partial charge in [-0.15, -0.1) is 10.2 Å². The summed E-state index contributed by atoms with van der Waals surface area (Å²) in [7, 11) is -1.54. The average molecular weight is 601 g/mol. The molecule has 0 fully saturated rings. The van der Waals surface area contributed by atoms with E-state index in [1.165, 1.54) is 33.4 Å². The predicted octanol–water partition coefficient (Wildman–Crippen LogP) is 4.24. The van der Waals surface area contributed by atoms with Gasteiger partial charge in [0.2, 0.25) is 0 Å². The summed E-state index contributed by atoms with van der Waals surface area (Å²) >= 11 is 0. The number of ether oxygens (including phenoxy) is 2. The minimum atomic E-state index is -4.94. The van der Waals surface area contributed by atoms with Crippen LogP contribution in [-0.4, -0.2) is 14.2 Å². The van der Waals surface area contributed by atoms with Crippen molar-refractivity contribution in [2.24, 2.45) is 0 Å². The maximum absolute atomic E-state index is 8.49. The number of benzene rings is 3. The molecule has 0 saturated heterocycles. The lowest BCUT2D eigenvalue weighted by Gasteiger charge is -2.22. The van der Waals surface area contributed by atoms with Gasteiger partial charge in [0.05, 0.1) is 36.5 Å². The number of rotatable bonds is 5. The fourth-order valence-corrected chi connectivity index (χ4v) is 5.80. The van der Waals surface area contributed by atoms with Crippen LogP contribution in [0.4, 0.5) is 0 Å². The maximum atomic E-state index is 8.49. The quantitative estimate of drug-likeness (QED) is 0.314. The molecule has 3 aromatic carbocycles. The second-order valence-corrected chi connectivity index (χ2v) is 11.2. The molecule has 0 unspecified atom stereocenters. The van der Waals surface area contributed by atoms with E-state index in [1.807, 2.05) is 24.3 Å². The Bertz CT molecular complexity index is 1500. The van der Waals surface area contributed by atoms with Crippen molar-refractivity contribution >= 4 is 23.3 Å². The standard InChI is InChI=1S/C35H33O3.ClHO4/c1-36-29-18-14-24(15-19-29)22-27-10-6-12-31-33(26-8-4-3-5-9-26)32-13-7-11-28(35(32)38-34(27)31)23-25-16-20-30(37-2)21-17-25;2-1(3,4)5/h3-5,8-9,14-23H,6-7,10-13H2,1-2H3;(H,2,3,4,5)/q+1;/p-1/b27-22+,28-23+;. The molecule has 0 amide bonds. The Morgan fingerprint density at radius 3 is 1.42 bits per heavy atom. The van der Waals surface area contributed by atoms with Gasteiger partial charge in [-0.25, -0.2) is 23.1 Å². The van der Waals surface area contributed by atoms with Crippen molar-refractivity contribution < 1.29 is 42.8 Å². The van der Waals surface area contributed by atoms with Crippen LogP contribution in [0.5, 0.6) is 11.5 Å². The summed E-state index contributed by atoms with van der Waals surface area (Å²) in [6, 6.07) is 27.4. The van der Waals surface area contributed by atoms with Crippen LogP contribution in [0.25, 0.3) is 34.4 Å². The van der Waals surface area contributed by atoms with E-state index in [0.717, 1.165) is 72.7 Å². The molecule has 6 rings (SSSR count). The Labute approximate surface area is 253 Å². The average Bonchev–Trinajstić information content (AvgIpc) is 3.01. The van der Waals surface area contributed by atoms with Gasteiger partial charge in [0.25, 0.3) is 0 Å². The molecule has 0 bridgehead atoms. The Kier molecular flexibility index (Phi) is 9.60. The van der Waals surface area contributed by atoms with E-state index in [9.17, 15) is 0 Å². The second-order valence-electron chi connectivity index (χ2n) is 10.4. The lowest BCUT2D eigenvalue weighted by molar-refractivity contribution is -2.00. The summed E-state index contributed by atoms with van der Waals surface area (Å²) in [5, 5.41) is 0. The Morgan fingerprint density at radius 2 is 1.02 bits per heavy atom. The van der Waals surface area contributed by atoms with E-state index < -0.39 is 10.2 Å². The summed E-state index contributed by atoms with van der Waals surface area (Å²) in [5.74, 6) is 3.84. The van der Waals surface area contributed by atoms with Gasteiger partial charge in [0.1, 0.15) is 11.5 Å². The molecule has 8 heteroatoms. The van der Waals surface area contributed by atoms with Crippen molar-refractivity contribution in [1.82, 2.24) is 0 Å². The van der Waals surface area contributed by atoms with E-state index in [-0.39, 0.29) is 0 Å². The van der Waals surface area contributed by atoms with Gasteiger partial charge < -0.3 is 9.47 Å². The Morgan fingerprint density at radius 1 is 0.605 bits per heavy atom. The third-order valence-corrected chi connectivity index (χ3v) is 7.66. The monoisotopic (exact) mass is 600 g/mol. The molecule has 222 valence electrons. The first-order chi connectivity index (χ1) is 20.7. The number of hydrogen-bond acceptors (Lipinski definition) is 6. The molecular weight excluding hydrogens is 568 g/mol. The molecule has 1 heterocycles. The number of fused-ring (bicyclic) bond motifs is 2. The third-order valence-electron chi connectivity index (χ3n) is 7.66. The fraction of sp³-hybridized carbons (Fsp3) is 0.229. The van der Waals surface area contributed by atoms with Crippen LogP contribution >= 0.6 is 0 Å². The number of methoxy groups -OCH3 is 2. The van der Waals surface area contributed by atoms with Crippen LogP contribution in [-0.2, 0) is 12.8 Å². The molecule has 4 aromatic rings. The first-order valence-electron chi connectivity index (χ1n) is 14.1. The van der Waals surface area contributed by atoms with Gasteiger partial charge in [-0.3, -0.25) is 0 Å². The molecule has 0 atom stereocenters. The third kappa shape index (κ3) is 7.70. The van der Waals surface area contributed by atoms with Crippen LogP contribution in [0.15, 0.2) is 83.3 Å². The zero-order valence-corrected chi connectivity index (χ0v) is 24.9. The maximum Gasteiger partial charge on any atom is 0.360 e. The van der Waals surface area contributed by atoms with Gasteiger partial charge in [-0.2, -0.15) is 0 Å². The zero-order chi connectivity index (χ0) is 30.4. The van der Waals surface area contributed by atoms with Crippen LogP contribution in [0.1, 0.15) is 59.5 Å². The van der Waals surface area contributed by atoms with Crippen molar-refractivity contribution in [2.75, 3.05) is 14.2 Å². The SMILES string of the molecule is COc1ccc(/C=C2\CCCc3c2[o+]c2c(c3-c3ccccc3)CCC/C2=C\c2ccc(OC)cc2)cc1.[O-][Cl+3]([O-])([O-])[O-]. The van der Waals surface area contributed by atoms with Crippen molar-refractivity contribution in [1.29, 1.82) is 0 Å². The molecular formula is C35H33ClO7. The Balaban J connectivity index is 0.000000682. The molecule has 7 nitrogen and oxygen atoms in total. The largest absolute Gasteiger partial charge is 0.497 e. The molecule has 1 aromatic heterocycles. The minimum absolute atomic E-state index is 0.870. The highest BCUT2D eigenvalue weighted by Gasteiger charge is 2.37. The highest BCUT2D eigenvalue weighted by atomic mass is 35.7. The molecule has 2 aliphatic carbocycles. The van der Waals surface area contributed by atoms with E-state index in [0.29, 0.717) is 0 Å². The van der Waals surface area contributed by atoms with Crippen LogP contribution in [0.3, 0.4) is 0 Å². The summed E-state index contributed by atoms with van der Waals surface area (Å²) < 4.78 is 51.7. The van der Waals surface area contributed by atoms with Gasteiger partial charge in [0.15, 0.2) is 0 Å². The van der Waals surface area contributed by atoms with Crippen molar-refractivity contribution in [3.8, 4) is 22.6 Å². The number of halogens is 1. The molecule has 0 N–H and O–H groups in total. The lowest BCUT2D eigenvalue weighted by atomic mass is 9.80. The molecule has 0 saturated carbocycles. The molecule has 43 heavy (non-hydrogen) atoms. The summed E-state index contributed by atoms with van der Waals surface area (Å²) in [4.78, 5) is 0. The van der Waals surface area contributed by atoms with E-state index >= 15 is 0 Å². The second kappa shape index (κ2) is 13.5. The van der Waals surface area contributed by atoms with Crippen molar-refractivity contribution in [3.05, 3.63) is 113 Å². The lowest BCUT2D eigenvalue weighted by Crippen LogP contribution is -2.68. The van der Waals surface area contributed by atoms with Gasteiger partial charge in [-0.1, -0.05) is 54.6 Å². The van der Waals surface area contributed by atoms with E-state index in [4.69, 9.17) is 32.5 Å². The van der Waals surface area contributed by atoms with Crippen LogP contribution in [0.2, 0.25) is 0 Å². The summed E-state index contributed by atoms with van der Waals surface area (Å²) in [6.07, 6.45) is 10.9. The first-order valence-corrected chi connectivity index (χ1v) is 15.4. The topological polar surface area (TPSA) is 122 Å². The van der Waals surface area contributed by atoms with Gasteiger partial charge >= 0.3 is 11.5 Å². The normalized spacial score (nSPS) is 16.1. The molecule has 0 radical (unpaired) electrons. The first kappa shape index (κ1) is 30.5. The molecule has 0 aliphatic heterocycles. The van der Waals surface area contributed by atoms with Gasteiger partial charge in [-0.05, 0) is 91.6 Å². The predicted molar refractivity (Wildman–Crippen MR) is 156 cm³/mol. The summed E-state index contributed by atoms with van der Waals surface area (Å²) in [6.45, 7) is 0. The number of hydrogen-bond donors (Lipinski definition) is 0. The summed E-state index contributed by atoms with van der Waals surface area (Å²) in [5.41, 5.74) is 10.2. The highest BCUT2D eigenvalue weighted by molar-refractivity contribution is 5.90. The van der Waals surface area contributed by atoms with Crippen molar-refractivity contribution in [2.45, 2.75) is 38.5 Å². The van der Waals surface area contributed by atoms with Crippen molar-refractivity contribution in [3.63, 3.8) is 0 Å². The molecule has 2 aliphatic rings. The van der Waals surface area contributed by atoms with E-state index in [2.05, 4.69) is 66.7 Å². The van der Waals surface area contributed by atoms with Crippen LogP contribution < -0.4 is 28.1 Å². The zero-order valence-electron chi connectivity index (χ0n) is 24.1. The van der Waals surface area contributed by atoms with Crippen LogP contribution in [0, 0.1) is 10.2 Å². The molecule has 0 spiro atoms.